The summed E-state index contributed by atoms with van der Waals surface area (Å²) < 4.78 is 25.1. The molecule has 0 unspecified atom stereocenters. The largest absolute Gasteiger partial charge is 0.345 e. The Morgan fingerprint density at radius 3 is 2.40 bits per heavy atom. The molecule has 154 valence electrons. The van der Waals surface area contributed by atoms with E-state index in [0.717, 1.165) is 18.4 Å². The fourth-order valence-corrected chi connectivity index (χ4v) is 5.69. The highest BCUT2D eigenvalue weighted by Crippen LogP contribution is 2.31. The zero-order valence-electron chi connectivity index (χ0n) is 16.8. The predicted octanol–water partition coefficient (Wildman–Crippen LogP) is 4.51. The van der Waals surface area contributed by atoms with Gasteiger partial charge in [0.15, 0.2) is 9.84 Å². The van der Waals surface area contributed by atoms with Gasteiger partial charge >= 0.3 is 0 Å². The molecule has 3 aromatic rings. The topological polar surface area (TPSA) is 63.2 Å². The van der Waals surface area contributed by atoms with Gasteiger partial charge in [-0.2, -0.15) is 0 Å². The van der Waals surface area contributed by atoms with Gasteiger partial charge < -0.3 is 5.32 Å². The van der Waals surface area contributed by atoms with Crippen LogP contribution < -0.4 is 5.32 Å². The molecule has 0 fully saturated rings. The lowest BCUT2D eigenvalue weighted by atomic mass is 9.98. The molecule has 1 N–H and O–H groups in total. The first kappa shape index (κ1) is 20.4. The highest BCUT2D eigenvalue weighted by molar-refractivity contribution is 7.91. The second-order valence-corrected chi connectivity index (χ2v) is 9.75. The van der Waals surface area contributed by atoms with Crippen molar-refractivity contribution in [1.29, 1.82) is 0 Å². The minimum atomic E-state index is -3.31. The van der Waals surface area contributed by atoms with Crippen LogP contribution in [0.25, 0.3) is 0 Å². The molecule has 0 saturated heterocycles. The highest BCUT2D eigenvalue weighted by atomic mass is 32.2. The number of benzene rings is 3. The summed E-state index contributed by atoms with van der Waals surface area (Å²) in [7, 11) is -3.31. The summed E-state index contributed by atoms with van der Waals surface area (Å²) in [5.41, 5.74) is 3.56. The van der Waals surface area contributed by atoms with Crippen molar-refractivity contribution < 1.29 is 13.2 Å². The van der Waals surface area contributed by atoms with Crippen LogP contribution in [-0.2, 0) is 22.7 Å². The minimum absolute atomic E-state index is 0.115. The molecule has 1 aliphatic heterocycles. The molecular weight excluding hydrogens is 394 g/mol. The number of carbonyl (C=O) groups is 1. The maximum Gasteiger partial charge on any atom is 0.252 e. The number of rotatable bonds is 5. The van der Waals surface area contributed by atoms with E-state index in [4.69, 9.17) is 0 Å². The highest BCUT2D eigenvalue weighted by Gasteiger charge is 2.28. The normalized spacial score (nSPS) is 17.5. The first-order valence-corrected chi connectivity index (χ1v) is 11.9. The quantitative estimate of drug-likeness (QED) is 0.662. The molecule has 1 atom stereocenters. The van der Waals surface area contributed by atoms with E-state index < -0.39 is 9.84 Å². The van der Waals surface area contributed by atoms with Crippen LogP contribution in [0.2, 0.25) is 0 Å². The number of fused-ring (bicyclic) bond motifs is 1. The molecule has 4 nitrogen and oxygen atoms in total. The number of hydrogen-bond acceptors (Lipinski definition) is 3. The van der Waals surface area contributed by atoms with Crippen LogP contribution in [0.15, 0.2) is 83.8 Å². The van der Waals surface area contributed by atoms with E-state index >= 15 is 0 Å². The van der Waals surface area contributed by atoms with E-state index in [0.29, 0.717) is 28.9 Å². The molecule has 0 bridgehead atoms. The summed E-state index contributed by atoms with van der Waals surface area (Å²) in [5.74, 6) is -0.0397. The molecule has 4 rings (SSSR count). The second-order valence-electron chi connectivity index (χ2n) is 7.67. The molecule has 5 heteroatoms. The van der Waals surface area contributed by atoms with Gasteiger partial charge in [-0.3, -0.25) is 4.79 Å². The molecule has 0 aliphatic carbocycles. The Morgan fingerprint density at radius 1 is 0.867 bits per heavy atom. The smallest absolute Gasteiger partial charge is 0.252 e. The van der Waals surface area contributed by atoms with Crippen LogP contribution >= 0.6 is 0 Å². The van der Waals surface area contributed by atoms with Crippen LogP contribution in [0.4, 0.5) is 0 Å². The number of nitrogens with one attached hydrogen (secondary N) is 1. The first-order valence-electron chi connectivity index (χ1n) is 10.3. The maximum atomic E-state index is 13.2. The first-order chi connectivity index (χ1) is 14.5. The Morgan fingerprint density at radius 2 is 1.57 bits per heavy atom. The second kappa shape index (κ2) is 8.84. The summed E-state index contributed by atoms with van der Waals surface area (Å²) in [6, 6.07) is 24.6. The summed E-state index contributed by atoms with van der Waals surface area (Å²) in [4.78, 5) is 13.5. The fraction of sp³-hybridized carbons (Fsp3) is 0.240. The van der Waals surface area contributed by atoms with Gasteiger partial charge in [-0.25, -0.2) is 8.42 Å². The number of carbonyl (C=O) groups excluding carboxylic acids is 1. The van der Waals surface area contributed by atoms with Crippen molar-refractivity contribution >= 4 is 15.7 Å². The van der Waals surface area contributed by atoms with Gasteiger partial charge in [0.2, 0.25) is 0 Å². The molecule has 0 spiro atoms. The third kappa shape index (κ3) is 4.46. The van der Waals surface area contributed by atoms with Gasteiger partial charge in [-0.1, -0.05) is 66.7 Å². The molecule has 1 amide bonds. The Bertz CT molecular complexity index is 1140. The van der Waals surface area contributed by atoms with Crippen molar-refractivity contribution in [2.75, 3.05) is 5.75 Å². The summed E-state index contributed by atoms with van der Waals surface area (Å²) in [6.45, 7) is 0. The van der Waals surface area contributed by atoms with Crippen molar-refractivity contribution in [3.8, 4) is 0 Å². The van der Waals surface area contributed by atoms with Crippen molar-refractivity contribution in [3.63, 3.8) is 0 Å². The monoisotopic (exact) mass is 419 g/mol. The van der Waals surface area contributed by atoms with Crippen molar-refractivity contribution in [1.82, 2.24) is 5.32 Å². The zero-order chi connectivity index (χ0) is 21.0. The summed E-state index contributed by atoms with van der Waals surface area (Å²) >= 11 is 0. The van der Waals surface area contributed by atoms with Crippen LogP contribution in [0.3, 0.4) is 0 Å². The average molecular weight is 420 g/mol. The molecule has 1 heterocycles. The van der Waals surface area contributed by atoms with E-state index in [-0.39, 0.29) is 17.7 Å². The zero-order valence-corrected chi connectivity index (χ0v) is 17.6. The van der Waals surface area contributed by atoms with Crippen LogP contribution in [0.5, 0.6) is 0 Å². The number of sulfone groups is 1. The van der Waals surface area contributed by atoms with Gasteiger partial charge in [0.05, 0.1) is 16.7 Å². The van der Waals surface area contributed by atoms with Crippen molar-refractivity contribution in [2.24, 2.45) is 0 Å². The van der Waals surface area contributed by atoms with Gasteiger partial charge in [0, 0.05) is 5.56 Å². The lowest BCUT2D eigenvalue weighted by molar-refractivity contribution is 0.0933. The van der Waals surface area contributed by atoms with E-state index in [9.17, 15) is 13.2 Å². The lowest BCUT2D eigenvalue weighted by Gasteiger charge is -2.20. The maximum absolute atomic E-state index is 13.2. The number of amides is 1. The molecule has 3 aromatic carbocycles. The van der Waals surface area contributed by atoms with E-state index in [1.165, 1.54) is 5.56 Å². The van der Waals surface area contributed by atoms with Gasteiger partial charge in [-0.05, 0) is 54.5 Å². The fourth-order valence-electron chi connectivity index (χ4n) is 4.06. The number of hydrogen-bond donors (Lipinski definition) is 1. The summed E-state index contributed by atoms with van der Waals surface area (Å²) in [5, 5.41) is 3.10. The minimum Gasteiger partial charge on any atom is -0.345 e. The van der Waals surface area contributed by atoms with E-state index in [1.54, 1.807) is 12.1 Å². The predicted molar refractivity (Wildman–Crippen MR) is 118 cm³/mol. The van der Waals surface area contributed by atoms with Crippen LogP contribution in [0, 0.1) is 0 Å². The third-order valence-electron chi connectivity index (χ3n) is 5.63. The average Bonchev–Trinajstić information content (AvgIpc) is 2.89. The van der Waals surface area contributed by atoms with Crippen molar-refractivity contribution in [2.45, 2.75) is 36.6 Å². The Kier molecular flexibility index (Phi) is 6.00. The molecule has 0 aromatic heterocycles. The molecule has 0 radical (unpaired) electrons. The lowest BCUT2D eigenvalue weighted by Crippen LogP contribution is -2.29. The Labute approximate surface area is 177 Å². The van der Waals surface area contributed by atoms with Crippen LogP contribution in [0.1, 0.15) is 45.9 Å². The van der Waals surface area contributed by atoms with E-state index in [2.05, 4.69) is 17.4 Å². The summed E-state index contributed by atoms with van der Waals surface area (Å²) in [6.07, 6.45) is 2.75. The van der Waals surface area contributed by atoms with Gasteiger partial charge in [0.1, 0.15) is 0 Å². The van der Waals surface area contributed by atoms with E-state index in [1.807, 2.05) is 54.6 Å². The van der Waals surface area contributed by atoms with Crippen molar-refractivity contribution in [3.05, 3.63) is 101 Å². The van der Waals surface area contributed by atoms with Gasteiger partial charge in [0.25, 0.3) is 5.91 Å². The standard InChI is InChI=1S/C25H25NO3S/c27-25(21-12-5-4-11-20(21)17-16-19-9-2-1-3-10-19)26-23-14-8-18-30(28,29)24-15-7-6-13-22(23)24/h1-7,9-13,15,23H,8,14,16-18H2,(H,26,27)/t23-/m1/s1. The molecule has 0 saturated carbocycles. The Hall–Kier alpha value is -2.92. The molecule has 30 heavy (non-hydrogen) atoms. The SMILES string of the molecule is O=C(N[C@@H]1CCCS(=O)(=O)c2ccccc21)c1ccccc1CCc1ccccc1. The van der Waals surface area contributed by atoms with Crippen LogP contribution in [-0.4, -0.2) is 20.1 Å². The number of aryl methyl sites for hydroxylation is 2. The Balaban J connectivity index is 1.56. The molecule has 1 aliphatic rings. The molecular formula is C25H25NO3S. The van der Waals surface area contributed by atoms with Gasteiger partial charge in [-0.15, -0.1) is 0 Å². The third-order valence-corrected chi connectivity index (χ3v) is 7.50.